The van der Waals surface area contributed by atoms with Gasteiger partial charge in [-0.25, -0.2) is 8.78 Å². The van der Waals surface area contributed by atoms with Crippen LogP contribution in [0.2, 0.25) is 0 Å². The quantitative estimate of drug-likeness (QED) is 0.934. The molecule has 0 radical (unpaired) electrons. The van der Waals surface area contributed by atoms with Crippen molar-refractivity contribution in [3.8, 4) is 11.3 Å². The zero-order chi connectivity index (χ0) is 15.9. The molecule has 3 rings (SSSR count). The number of benzene rings is 1. The summed E-state index contributed by atoms with van der Waals surface area (Å²) in [5.41, 5.74) is 3.16. The highest BCUT2D eigenvalue weighted by atomic mass is 19.3. The second kappa shape index (κ2) is 5.16. The van der Waals surface area contributed by atoms with Crippen molar-refractivity contribution in [3.63, 3.8) is 0 Å². The van der Waals surface area contributed by atoms with E-state index >= 15 is 0 Å². The summed E-state index contributed by atoms with van der Waals surface area (Å²) < 4.78 is 26.6. The Hall–Kier alpha value is -2.30. The molecule has 1 aliphatic rings. The fraction of sp³-hybridized carbons (Fsp3) is 0.294. The standard InChI is InChI=1S/C17H16F2N2O/c1-10-6-7-12(9-13(10)14-5-3-4-8-20-14)21-16(22)15-11(2)17(15,18)19/h3-9,11,15H,1-2H3,(H,21,22)/t11-,15?/m0/s1. The summed E-state index contributed by atoms with van der Waals surface area (Å²) in [6, 6.07) is 10.9. The van der Waals surface area contributed by atoms with Crippen LogP contribution in [0.25, 0.3) is 11.3 Å². The molecule has 2 atom stereocenters. The topological polar surface area (TPSA) is 42.0 Å². The predicted molar refractivity (Wildman–Crippen MR) is 80.6 cm³/mol. The molecule has 3 nitrogen and oxygen atoms in total. The lowest BCUT2D eigenvalue weighted by Crippen LogP contribution is -2.17. The van der Waals surface area contributed by atoms with Crippen molar-refractivity contribution >= 4 is 11.6 Å². The highest BCUT2D eigenvalue weighted by Crippen LogP contribution is 2.55. The summed E-state index contributed by atoms with van der Waals surface area (Å²) in [7, 11) is 0. The molecule has 0 bridgehead atoms. The number of carbonyl (C=O) groups is 1. The first-order valence-electron chi connectivity index (χ1n) is 7.12. The van der Waals surface area contributed by atoms with E-state index < -0.39 is 23.7 Å². The summed E-state index contributed by atoms with van der Waals surface area (Å²) >= 11 is 0. The van der Waals surface area contributed by atoms with Crippen LogP contribution in [0.3, 0.4) is 0 Å². The van der Waals surface area contributed by atoms with Gasteiger partial charge >= 0.3 is 0 Å². The Bertz CT molecular complexity index is 716. The Morgan fingerprint density at radius 3 is 2.59 bits per heavy atom. The van der Waals surface area contributed by atoms with Crippen molar-refractivity contribution in [1.82, 2.24) is 4.98 Å². The number of halogens is 2. The molecule has 1 heterocycles. The summed E-state index contributed by atoms with van der Waals surface area (Å²) in [5.74, 6) is -5.65. The predicted octanol–water partition coefficient (Wildman–Crippen LogP) is 3.90. The molecule has 0 aliphatic heterocycles. The van der Waals surface area contributed by atoms with Crippen LogP contribution >= 0.6 is 0 Å². The maximum atomic E-state index is 13.3. The average Bonchev–Trinajstić information content (AvgIpc) is 3.00. The Morgan fingerprint density at radius 1 is 1.27 bits per heavy atom. The highest BCUT2D eigenvalue weighted by molar-refractivity contribution is 5.96. The van der Waals surface area contributed by atoms with Crippen LogP contribution in [-0.4, -0.2) is 16.8 Å². The van der Waals surface area contributed by atoms with Gasteiger partial charge in [-0.15, -0.1) is 0 Å². The minimum Gasteiger partial charge on any atom is -0.326 e. The SMILES string of the molecule is Cc1ccc(NC(=O)C2[C@H](C)C2(F)F)cc1-c1ccccn1. The van der Waals surface area contributed by atoms with Gasteiger partial charge < -0.3 is 5.32 Å². The molecule has 1 N–H and O–H groups in total. The van der Waals surface area contributed by atoms with Crippen LogP contribution in [0.1, 0.15) is 12.5 Å². The Labute approximate surface area is 127 Å². The van der Waals surface area contributed by atoms with Gasteiger partial charge in [-0.2, -0.15) is 0 Å². The van der Waals surface area contributed by atoms with E-state index in [1.54, 1.807) is 18.3 Å². The van der Waals surface area contributed by atoms with E-state index in [4.69, 9.17) is 0 Å². The van der Waals surface area contributed by atoms with E-state index in [2.05, 4.69) is 10.3 Å². The number of anilines is 1. The molecule has 1 aromatic carbocycles. The second-order valence-electron chi connectivity index (χ2n) is 5.67. The largest absolute Gasteiger partial charge is 0.326 e. The number of pyridine rings is 1. The molecule has 2 aromatic rings. The Balaban J connectivity index is 1.83. The van der Waals surface area contributed by atoms with Gasteiger partial charge in [0.15, 0.2) is 0 Å². The van der Waals surface area contributed by atoms with Crippen molar-refractivity contribution in [1.29, 1.82) is 0 Å². The lowest BCUT2D eigenvalue weighted by atomic mass is 10.0. The van der Waals surface area contributed by atoms with Crippen LogP contribution < -0.4 is 5.32 Å². The lowest BCUT2D eigenvalue weighted by Gasteiger charge is -2.10. The molecule has 5 heteroatoms. The summed E-state index contributed by atoms with van der Waals surface area (Å²) in [6.45, 7) is 3.32. The molecule has 1 aliphatic carbocycles. The smallest absolute Gasteiger partial charge is 0.263 e. The minimum atomic E-state index is -2.89. The number of alkyl halides is 2. The fourth-order valence-corrected chi connectivity index (χ4v) is 2.60. The molecular weight excluding hydrogens is 286 g/mol. The van der Waals surface area contributed by atoms with E-state index in [1.807, 2.05) is 31.2 Å². The fourth-order valence-electron chi connectivity index (χ4n) is 2.60. The first-order chi connectivity index (χ1) is 10.4. The van der Waals surface area contributed by atoms with Crippen LogP contribution in [0, 0.1) is 18.8 Å². The number of aromatic nitrogens is 1. The molecule has 0 saturated heterocycles. The van der Waals surface area contributed by atoms with Crippen molar-refractivity contribution in [2.45, 2.75) is 19.8 Å². The molecule has 114 valence electrons. The van der Waals surface area contributed by atoms with Crippen molar-refractivity contribution in [2.24, 2.45) is 11.8 Å². The van der Waals surface area contributed by atoms with Crippen LogP contribution in [0.5, 0.6) is 0 Å². The number of hydrogen-bond donors (Lipinski definition) is 1. The average molecular weight is 302 g/mol. The van der Waals surface area contributed by atoms with E-state index in [-0.39, 0.29) is 0 Å². The summed E-state index contributed by atoms with van der Waals surface area (Å²) in [5, 5.41) is 2.58. The van der Waals surface area contributed by atoms with Crippen molar-refractivity contribution < 1.29 is 13.6 Å². The van der Waals surface area contributed by atoms with Crippen LogP contribution in [0.4, 0.5) is 14.5 Å². The maximum Gasteiger partial charge on any atom is 0.263 e. The molecule has 1 saturated carbocycles. The third-order valence-electron chi connectivity index (χ3n) is 4.14. The molecule has 1 amide bonds. The molecule has 0 spiro atoms. The first-order valence-corrected chi connectivity index (χ1v) is 7.12. The zero-order valence-corrected chi connectivity index (χ0v) is 12.3. The Morgan fingerprint density at radius 2 is 2.00 bits per heavy atom. The Kier molecular flexibility index (Phi) is 3.43. The van der Waals surface area contributed by atoms with Gasteiger partial charge in [-0.1, -0.05) is 19.1 Å². The number of hydrogen-bond acceptors (Lipinski definition) is 2. The van der Waals surface area contributed by atoms with Gasteiger partial charge in [0, 0.05) is 23.4 Å². The van der Waals surface area contributed by atoms with E-state index in [1.165, 1.54) is 6.92 Å². The van der Waals surface area contributed by atoms with Gasteiger partial charge in [0.1, 0.15) is 5.92 Å². The van der Waals surface area contributed by atoms with Gasteiger partial charge in [0.25, 0.3) is 5.92 Å². The normalized spacial score (nSPS) is 22.2. The number of amides is 1. The number of nitrogens with zero attached hydrogens (tertiary/aromatic N) is 1. The van der Waals surface area contributed by atoms with Gasteiger partial charge in [-0.05, 0) is 36.8 Å². The molecule has 1 unspecified atom stereocenters. The zero-order valence-electron chi connectivity index (χ0n) is 12.3. The van der Waals surface area contributed by atoms with E-state index in [0.717, 1.165) is 16.8 Å². The van der Waals surface area contributed by atoms with Crippen molar-refractivity contribution in [3.05, 3.63) is 48.2 Å². The maximum absolute atomic E-state index is 13.3. The third-order valence-corrected chi connectivity index (χ3v) is 4.14. The van der Waals surface area contributed by atoms with Crippen molar-refractivity contribution in [2.75, 3.05) is 5.32 Å². The number of aryl methyl sites for hydroxylation is 1. The summed E-state index contributed by atoms with van der Waals surface area (Å²) in [6.07, 6.45) is 1.69. The monoisotopic (exact) mass is 302 g/mol. The third kappa shape index (κ3) is 2.47. The van der Waals surface area contributed by atoms with Crippen LogP contribution in [0.15, 0.2) is 42.6 Å². The summed E-state index contributed by atoms with van der Waals surface area (Å²) in [4.78, 5) is 16.2. The minimum absolute atomic E-state index is 0.506. The molecular formula is C17H16F2N2O. The first kappa shape index (κ1) is 14.6. The van der Waals surface area contributed by atoms with E-state index in [9.17, 15) is 13.6 Å². The number of rotatable bonds is 3. The number of carbonyl (C=O) groups excluding carboxylic acids is 1. The molecule has 1 fully saturated rings. The lowest BCUT2D eigenvalue weighted by molar-refractivity contribution is -0.119. The van der Waals surface area contributed by atoms with Gasteiger partial charge in [0.05, 0.1) is 5.69 Å². The molecule has 22 heavy (non-hydrogen) atoms. The van der Waals surface area contributed by atoms with Gasteiger partial charge in [-0.3, -0.25) is 9.78 Å². The highest BCUT2D eigenvalue weighted by Gasteiger charge is 2.69. The van der Waals surface area contributed by atoms with Crippen LogP contribution in [-0.2, 0) is 4.79 Å². The van der Waals surface area contributed by atoms with Gasteiger partial charge in [0.2, 0.25) is 5.91 Å². The molecule has 1 aromatic heterocycles. The second-order valence-corrected chi connectivity index (χ2v) is 5.67. The number of nitrogens with one attached hydrogen (secondary N) is 1. The van der Waals surface area contributed by atoms with E-state index in [0.29, 0.717) is 5.69 Å².